The zero-order chi connectivity index (χ0) is 24.4. The highest BCUT2D eigenvalue weighted by Crippen LogP contribution is 2.28. The van der Waals surface area contributed by atoms with Crippen LogP contribution in [0.3, 0.4) is 0 Å². The largest absolute Gasteiger partial charge is 0.352 e. The molecular formula is C26H25N5O3S. The Kier molecular flexibility index (Phi) is 6.19. The molecule has 0 spiro atoms. The Bertz CT molecular complexity index is 1460. The van der Waals surface area contributed by atoms with Crippen molar-refractivity contribution in [2.45, 2.75) is 11.8 Å². The number of aromatic nitrogens is 2. The fourth-order valence-electron chi connectivity index (χ4n) is 4.31. The van der Waals surface area contributed by atoms with Gasteiger partial charge in [-0.2, -0.15) is 4.31 Å². The number of anilines is 2. The molecule has 2 heterocycles. The van der Waals surface area contributed by atoms with Gasteiger partial charge < -0.3 is 10.2 Å². The molecule has 5 rings (SSSR count). The van der Waals surface area contributed by atoms with E-state index in [2.05, 4.69) is 33.7 Å². The van der Waals surface area contributed by atoms with Crippen molar-refractivity contribution in [3.05, 3.63) is 78.9 Å². The molecule has 1 aliphatic heterocycles. The molecule has 1 N–H and O–H groups in total. The summed E-state index contributed by atoms with van der Waals surface area (Å²) >= 11 is 0. The van der Waals surface area contributed by atoms with Gasteiger partial charge in [0.25, 0.3) is 0 Å². The molecule has 8 nitrogen and oxygen atoms in total. The maximum Gasteiger partial charge on any atom is 0.243 e. The van der Waals surface area contributed by atoms with Crippen molar-refractivity contribution < 1.29 is 13.2 Å². The Morgan fingerprint density at radius 2 is 1.54 bits per heavy atom. The van der Waals surface area contributed by atoms with E-state index in [0.717, 1.165) is 27.8 Å². The smallest absolute Gasteiger partial charge is 0.243 e. The summed E-state index contributed by atoms with van der Waals surface area (Å²) in [5.41, 5.74) is 2.39. The van der Waals surface area contributed by atoms with Gasteiger partial charge in [-0.1, -0.05) is 42.5 Å². The zero-order valence-corrected chi connectivity index (χ0v) is 20.1. The van der Waals surface area contributed by atoms with Crippen molar-refractivity contribution in [3.8, 4) is 11.3 Å². The van der Waals surface area contributed by atoms with Gasteiger partial charge >= 0.3 is 0 Å². The number of hydrogen-bond acceptors (Lipinski definition) is 6. The number of sulfonamides is 1. The van der Waals surface area contributed by atoms with E-state index in [1.165, 1.54) is 23.4 Å². The molecule has 0 saturated carbocycles. The summed E-state index contributed by atoms with van der Waals surface area (Å²) in [6.45, 7) is 3.15. The van der Waals surface area contributed by atoms with Crippen molar-refractivity contribution in [2.75, 3.05) is 36.4 Å². The average molecular weight is 488 g/mol. The summed E-state index contributed by atoms with van der Waals surface area (Å²) < 4.78 is 27.6. The van der Waals surface area contributed by atoms with Gasteiger partial charge in [0.05, 0.1) is 10.6 Å². The van der Waals surface area contributed by atoms with Crippen LogP contribution in [-0.2, 0) is 14.8 Å². The van der Waals surface area contributed by atoms with E-state index < -0.39 is 10.0 Å². The van der Waals surface area contributed by atoms with Crippen LogP contribution in [0.5, 0.6) is 0 Å². The lowest BCUT2D eigenvalue weighted by atomic mass is 10.0. The molecule has 1 amide bonds. The van der Waals surface area contributed by atoms with Crippen molar-refractivity contribution >= 4 is 38.2 Å². The van der Waals surface area contributed by atoms with Crippen molar-refractivity contribution in [2.24, 2.45) is 0 Å². The molecule has 178 valence electrons. The first-order chi connectivity index (χ1) is 16.9. The Morgan fingerprint density at radius 3 is 2.23 bits per heavy atom. The number of fused-ring (bicyclic) bond motifs is 1. The first kappa shape index (κ1) is 22.9. The van der Waals surface area contributed by atoms with Gasteiger partial charge in [-0.25, -0.2) is 8.42 Å². The van der Waals surface area contributed by atoms with Crippen molar-refractivity contribution in [1.29, 1.82) is 0 Å². The summed E-state index contributed by atoms with van der Waals surface area (Å²) in [5.74, 6) is 0.524. The number of hydrogen-bond donors (Lipinski definition) is 1. The van der Waals surface area contributed by atoms with Gasteiger partial charge in [-0.3, -0.25) is 4.79 Å². The topological polar surface area (TPSA) is 95.5 Å². The van der Waals surface area contributed by atoms with E-state index in [-0.39, 0.29) is 10.8 Å². The molecule has 1 fully saturated rings. The molecule has 1 aromatic heterocycles. The van der Waals surface area contributed by atoms with E-state index in [4.69, 9.17) is 0 Å². The monoisotopic (exact) mass is 487 g/mol. The van der Waals surface area contributed by atoms with E-state index in [1.807, 2.05) is 41.3 Å². The number of nitrogens with zero attached hydrogens (tertiary/aromatic N) is 4. The summed E-state index contributed by atoms with van der Waals surface area (Å²) in [7, 11) is -3.62. The van der Waals surface area contributed by atoms with Crippen LogP contribution in [0, 0.1) is 0 Å². The SMILES string of the molecule is CC(=O)Nc1ccc(S(=O)(=O)N2CCN(c3ccc(-c4cccc5ccccc45)nn3)CC2)cc1. The van der Waals surface area contributed by atoms with E-state index in [1.54, 1.807) is 12.1 Å². The van der Waals surface area contributed by atoms with Crippen LogP contribution < -0.4 is 10.2 Å². The molecule has 0 aliphatic carbocycles. The van der Waals surface area contributed by atoms with E-state index in [0.29, 0.717) is 31.9 Å². The number of amides is 1. The molecule has 35 heavy (non-hydrogen) atoms. The summed E-state index contributed by atoms with van der Waals surface area (Å²) in [5, 5.41) is 13.8. The Morgan fingerprint density at radius 1 is 0.829 bits per heavy atom. The minimum absolute atomic E-state index is 0.204. The minimum Gasteiger partial charge on any atom is -0.352 e. The van der Waals surface area contributed by atoms with Gasteiger partial charge in [-0.15, -0.1) is 10.2 Å². The predicted molar refractivity (Wildman–Crippen MR) is 137 cm³/mol. The first-order valence-corrected chi connectivity index (χ1v) is 12.8. The van der Waals surface area contributed by atoms with Gasteiger partial charge in [0.1, 0.15) is 0 Å². The molecule has 0 radical (unpaired) electrons. The van der Waals surface area contributed by atoms with Crippen LogP contribution in [0.4, 0.5) is 11.5 Å². The third-order valence-corrected chi connectivity index (χ3v) is 8.00. The highest BCUT2D eigenvalue weighted by molar-refractivity contribution is 7.89. The van der Waals surface area contributed by atoms with Gasteiger partial charge in [-0.05, 0) is 47.2 Å². The molecule has 0 unspecified atom stereocenters. The van der Waals surface area contributed by atoms with Crippen molar-refractivity contribution in [3.63, 3.8) is 0 Å². The van der Waals surface area contributed by atoms with Crippen LogP contribution in [0.25, 0.3) is 22.0 Å². The maximum absolute atomic E-state index is 13.1. The van der Waals surface area contributed by atoms with Crippen LogP contribution in [-0.4, -0.2) is 55.0 Å². The molecule has 0 bridgehead atoms. The lowest BCUT2D eigenvalue weighted by Crippen LogP contribution is -2.49. The predicted octanol–water partition coefficient (Wildman–Crippen LogP) is 3.77. The Hall–Kier alpha value is -3.82. The molecule has 0 atom stereocenters. The quantitative estimate of drug-likeness (QED) is 0.461. The number of benzene rings is 3. The summed E-state index contributed by atoms with van der Waals surface area (Å²) in [6, 6.07) is 24.4. The lowest BCUT2D eigenvalue weighted by Gasteiger charge is -2.34. The molecule has 1 saturated heterocycles. The second kappa shape index (κ2) is 9.44. The van der Waals surface area contributed by atoms with Crippen LogP contribution >= 0.6 is 0 Å². The van der Waals surface area contributed by atoms with Gasteiger partial charge in [0, 0.05) is 44.4 Å². The van der Waals surface area contributed by atoms with Gasteiger partial charge in [0.2, 0.25) is 15.9 Å². The molecule has 9 heteroatoms. The number of carbonyl (C=O) groups is 1. The highest BCUT2D eigenvalue weighted by Gasteiger charge is 2.29. The molecule has 4 aromatic rings. The molecular weight excluding hydrogens is 462 g/mol. The van der Waals surface area contributed by atoms with E-state index >= 15 is 0 Å². The molecule has 3 aromatic carbocycles. The maximum atomic E-state index is 13.1. The van der Waals surface area contributed by atoms with Gasteiger partial charge in [0.15, 0.2) is 5.82 Å². The number of rotatable bonds is 5. The summed E-state index contributed by atoms with van der Waals surface area (Å²) in [4.78, 5) is 13.4. The second-order valence-electron chi connectivity index (χ2n) is 8.40. The fourth-order valence-corrected chi connectivity index (χ4v) is 5.73. The van der Waals surface area contributed by atoms with Crippen LogP contribution in [0.1, 0.15) is 6.92 Å². The first-order valence-electron chi connectivity index (χ1n) is 11.4. The van der Waals surface area contributed by atoms with Crippen LogP contribution in [0.15, 0.2) is 83.8 Å². The fraction of sp³-hybridized carbons (Fsp3) is 0.192. The summed E-state index contributed by atoms with van der Waals surface area (Å²) in [6.07, 6.45) is 0. The molecule has 1 aliphatic rings. The second-order valence-corrected chi connectivity index (χ2v) is 10.3. The number of carbonyl (C=O) groups excluding carboxylic acids is 1. The Labute approximate surface area is 204 Å². The lowest BCUT2D eigenvalue weighted by molar-refractivity contribution is -0.114. The van der Waals surface area contributed by atoms with Crippen molar-refractivity contribution in [1.82, 2.24) is 14.5 Å². The standard InChI is InChI=1S/C26H25N5O3S/c1-19(32)27-21-9-11-22(12-10-21)35(33,34)31-17-15-30(16-18-31)26-14-13-25(28-29-26)24-8-4-6-20-5-2-3-7-23(20)24/h2-14H,15-18H2,1H3,(H,27,32). The number of nitrogens with one attached hydrogen (secondary N) is 1. The van der Waals surface area contributed by atoms with Crippen LogP contribution in [0.2, 0.25) is 0 Å². The third-order valence-electron chi connectivity index (χ3n) is 6.09. The minimum atomic E-state index is -3.62. The zero-order valence-electron chi connectivity index (χ0n) is 19.3. The van der Waals surface area contributed by atoms with E-state index in [9.17, 15) is 13.2 Å². The highest BCUT2D eigenvalue weighted by atomic mass is 32.2. The Balaban J connectivity index is 1.27. The third kappa shape index (κ3) is 4.73. The number of piperazine rings is 1. The normalized spacial score (nSPS) is 14.7. The average Bonchev–Trinajstić information content (AvgIpc) is 2.88.